The molecule has 1 amide bonds. The van der Waals surface area contributed by atoms with Gasteiger partial charge in [-0.1, -0.05) is 56.3 Å². The maximum atomic E-state index is 13.6. The summed E-state index contributed by atoms with van der Waals surface area (Å²) in [6.45, 7) is 4.48. The molecule has 3 aromatic carbocycles. The molecule has 0 aliphatic carbocycles. The van der Waals surface area contributed by atoms with Gasteiger partial charge in [-0.05, 0) is 47.5 Å². The van der Waals surface area contributed by atoms with Crippen LogP contribution in [0.3, 0.4) is 0 Å². The SMILES string of the molecule is CC(C)C(=O)O[C@@H](C)OC(=O)N[C@@H](Cc1cccc(S(=O)(=O)N2CC(Oc3ccc(F)cc3)(c3ccccc3)C2)c1)C(=O)O. The maximum absolute atomic E-state index is 13.6. The van der Waals surface area contributed by atoms with E-state index in [1.807, 2.05) is 30.3 Å². The summed E-state index contributed by atoms with van der Waals surface area (Å²) in [5.74, 6) is -2.47. The standard InChI is InChI=1S/C31H33FN2O9S/c1-20(2)29(37)41-21(3)42-30(38)33-27(28(35)36)17-22-8-7-11-26(16-22)44(39,40)34-18-31(19-34,23-9-5-4-6-10-23)43-25-14-12-24(32)13-15-25/h4-16,20-21,27H,17-19H2,1-3H3,(H,33,38)(H,35,36)/t21-,27+/m1/s1. The largest absolute Gasteiger partial charge is 0.480 e. The lowest BCUT2D eigenvalue weighted by molar-refractivity contribution is -0.169. The number of nitrogens with one attached hydrogen (secondary N) is 1. The quantitative estimate of drug-likeness (QED) is 0.224. The lowest BCUT2D eigenvalue weighted by Gasteiger charge is -2.48. The Labute approximate surface area is 254 Å². The minimum absolute atomic E-state index is 0.0222. The van der Waals surface area contributed by atoms with Crippen molar-refractivity contribution in [2.45, 2.75) is 50.0 Å². The number of esters is 1. The molecule has 234 valence electrons. The molecule has 1 aliphatic heterocycles. The molecule has 2 N–H and O–H groups in total. The van der Waals surface area contributed by atoms with Gasteiger partial charge in [-0.15, -0.1) is 0 Å². The Morgan fingerprint density at radius 3 is 2.23 bits per heavy atom. The number of carboxylic acid groups (broad SMARTS) is 1. The van der Waals surface area contributed by atoms with Crippen LogP contribution < -0.4 is 10.1 Å². The molecule has 13 heteroatoms. The summed E-state index contributed by atoms with van der Waals surface area (Å²) in [6.07, 6.45) is -2.63. The van der Waals surface area contributed by atoms with Gasteiger partial charge in [0.2, 0.25) is 16.3 Å². The van der Waals surface area contributed by atoms with Gasteiger partial charge in [0.25, 0.3) is 0 Å². The summed E-state index contributed by atoms with van der Waals surface area (Å²) in [5, 5.41) is 11.9. The van der Waals surface area contributed by atoms with Gasteiger partial charge < -0.3 is 24.6 Å². The van der Waals surface area contributed by atoms with Crippen LogP contribution >= 0.6 is 0 Å². The van der Waals surface area contributed by atoms with Gasteiger partial charge in [0.05, 0.1) is 23.9 Å². The normalized spacial score (nSPS) is 15.8. The molecule has 2 atom stereocenters. The van der Waals surface area contributed by atoms with E-state index in [0.29, 0.717) is 11.3 Å². The third-order valence-electron chi connectivity index (χ3n) is 6.88. The van der Waals surface area contributed by atoms with E-state index in [-0.39, 0.29) is 24.4 Å². The van der Waals surface area contributed by atoms with Crippen LogP contribution in [0.5, 0.6) is 5.75 Å². The molecule has 0 bridgehead atoms. The van der Waals surface area contributed by atoms with Gasteiger partial charge in [-0.25, -0.2) is 22.4 Å². The number of carbonyl (C=O) groups excluding carboxylic acids is 2. The molecule has 0 unspecified atom stereocenters. The number of ether oxygens (including phenoxy) is 3. The fraction of sp³-hybridized carbons (Fsp3) is 0.323. The summed E-state index contributed by atoms with van der Waals surface area (Å²) in [4.78, 5) is 35.8. The Morgan fingerprint density at radius 1 is 0.955 bits per heavy atom. The fourth-order valence-electron chi connectivity index (χ4n) is 4.54. The van der Waals surface area contributed by atoms with Crippen LogP contribution in [0.2, 0.25) is 0 Å². The molecule has 3 aromatic rings. The van der Waals surface area contributed by atoms with Gasteiger partial charge in [-0.2, -0.15) is 4.31 Å². The van der Waals surface area contributed by atoms with Crippen molar-refractivity contribution in [3.05, 3.63) is 95.8 Å². The molecule has 1 saturated heterocycles. The number of halogens is 1. The first-order chi connectivity index (χ1) is 20.8. The number of amides is 1. The van der Waals surface area contributed by atoms with Crippen LogP contribution in [-0.2, 0) is 41.1 Å². The highest BCUT2D eigenvalue weighted by molar-refractivity contribution is 7.89. The van der Waals surface area contributed by atoms with Crippen molar-refractivity contribution in [2.75, 3.05) is 13.1 Å². The molecule has 0 aromatic heterocycles. The van der Waals surface area contributed by atoms with Gasteiger partial charge in [-0.3, -0.25) is 4.79 Å². The minimum atomic E-state index is -4.03. The topological polar surface area (TPSA) is 149 Å². The van der Waals surface area contributed by atoms with E-state index in [1.54, 1.807) is 13.8 Å². The van der Waals surface area contributed by atoms with E-state index in [1.165, 1.54) is 59.8 Å². The monoisotopic (exact) mass is 628 g/mol. The summed E-state index contributed by atoms with van der Waals surface area (Å²) in [7, 11) is -4.03. The number of sulfonamides is 1. The number of hydrogen-bond acceptors (Lipinski definition) is 8. The van der Waals surface area contributed by atoms with Crippen LogP contribution in [0.4, 0.5) is 9.18 Å². The van der Waals surface area contributed by atoms with Crippen molar-refractivity contribution >= 4 is 28.1 Å². The van der Waals surface area contributed by atoms with Crippen molar-refractivity contribution in [2.24, 2.45) is 5.92 Å². The lowest BCUT2D eigenvalue weighted by Crippen LogP contribution is -2.64. The number of rotatable bonds is 12. The van der Waals surface area contributed by atoms with E-state index >= 15 is 0 Å². The fourth-order valence-corrected chi connectivity index (χ4v) is 6.14. The van der Waals surface area contributed by atoms with Gasteiger partial charge >= 0.3 is 18.0 Å². The summed E-state index contributed by atoms with van der Waals surface area (Å²) in [6, 6.07) is 18.9. The summed E-state index contributed by atoms with van der Waals surface area (Å²) in [5.41, 5.74) is 0.0684. The van der Waals surface area contributed by atoms with Crippen molar-refractivity contribution in [1.29, 1.82) is 0 Å². The van der Waals surface area contributed by atoms with E-state index in [4.69, 9.17) is 14.2 Å². The minimum Gasteiger partial charge on any atom is -0.480 e. The van der Waals surface area contributed by atoms with Crippen molar-refractivity contribution in [3.8, 4) is 5.75 Å². The highest BCUT2D eigenvalue weighted by atomic mass is 32.2. The molecule has 44 heavy (non-hydrogen) atoms. The first kappa shape index (κ1) is 32.4. The second-order valence-electron chi connectivity index (χ2n) is 10.6. The van der Waals surface area contributed by atoms with E-state index < -0.39 is 57.7 Å². The third kappa shape index (κ3) is 7.71. The van der Waals surface area contributed by atoms with Crippen LogP contribution in [0.1, 0.15) is 31.9 Å². The molecule has 0 spiro atoms. The molecular formula is C31H33FN2O9S. The zero-order chi connectivity index (χ0) is 32.1. The first-order valence-electron chi connectivity index (χ1n) is 13.8. The molecule has 4 rings (SSSR count). The average Bonchev–Trinajstić information content (AvgIpc) is 2.95. The zero-order valence-corrected chi connectivity index (χ0v) is 25.1. The Hall–Kier alpha value is -4.49. The maximum Gasteiger partial charge on any atom is 0.410 e. The van der Waals surface area contributed by atoms with E-state index in [2.05, 4.69) is 5.32 Å². The Balaban J connectivity index is 1.46. The van der Waals surface area contributed by atoms with E-state index in [0.717, 1.165) is 5.56 Å². The van der Waals surface area contributed by atoms with Crippen LogP contribution in [0, 0.1) is 11.7 Å². The predicted molar refractivity (Wildman–Crippen MR) is 155 cm³/mol. The van der Waals surface area contributed by atoms with Crippen LogP contribution in [0.15, 0.2) is 83.8 Å². The zero-order valence-electron chi connectivity index (χ0n) is 24.3. The Kier molecular flexibility index (Phi) is 9.90. The van der Waals surface area contributed by atoms with Crippen molar-refractivity contribution in [1.82, 2.24) is 9.62 Å². The van der Waals surface area contributed by atoms with Crippen molar-refractivity contribution < 1.29 is 46.5 Å². The molecule has 1 heterocycles. The highest BCUT2D eigenvalue weighted by Crippen LogP contribution is 2.40. The number of benzene rings is 3. The van der Waals surface area contributed by atoms with Crippen LogP contribution in [0.25, 0.3) is 0 Å². The predicted octanol–water partition coefficient (Wildman–Crippen LogP) is 4.07. The molecular weight excluding hydrogens is 595 g/mol. The molecule has 0 saturated carbocycles. The average molecular weight is 629 g/mol. The number of hydrogen-bond donors (Lipinski definition) is 2. The number of carbonyl (C=O) groups is 3. The van der Waals surface area contributed by atoms with E-state index in [9.17, 15) is 32.3 Å². The Morgan fingerprint density at radius 2 is 1.61 bits per heavy atom. The molecule has 11 nitrogen and oxygen atoms in total. The van der Waals surface area contributed by atoms with Gasteiger partial charge in [0, 0.05) is 13.3 Å². The van der Waals surface area contributed by atoms with Crippen LogP contribution in [-0.4, -0.2) is 61.3 Å². The second kappa shape index (κ2) is 13.4. The molecule has 1 fully saturated rings. The summed E-state index contributed by atoms with van der Waals surface area (Å²) < 4.78 is 58.0. The first-order valence-corrected chi connectivity index (χ1v) is 15.2. The second-order valence-corrected chi connectivity index (χ2v) is 12.6. The molecule has 1 aliphatic rings. The molecule has 0 radical (unpaired) electrons. The number of aliphatic carboxylic acids is 1. The van der Waals surface area contributed by atoms with Gasteiger partial charge in [0.15, 0.2) is 5.60 Å². The Bertz CT molecular complexity index is 1590. The lowest BCUT2D eigenvalue weighted by atomic mass is 9.87. The van der Waals surface area contributed by atoms with Gasteiger partial charge in [0.1, 0.15) is 17.6 Å². The van der Waals surface area contributed by atoms with Crippen molar-refractivity contribution in [3.63, 3.8) is 0 Å². The number of alkyl carbamates (subject to hydrolysis) is 1. The highest BCUT2D eigenvalue weighted by Gasteiger charge is 2.52. The third-order valence-corrected chi connectivity index (χ3v) is 8.67. The number of carboxylic acids is 1. The summed E-state index contributed by atoms with van der Waals surface area (Å²) >= 11 is 0. The number of nitrogens with zero attached hydrogens (tertiary/aromatic N) is 1. The smallest absolute Gasteiger partial charge is 0.410 e.